The molecule has 0 saturated heterocycles. The predicted molar refractivity (Wildman–Crippen MR) is 173 cm³/mol. The lowest BCUT2D eigenvalue weighted by atomic mass is 9.95. The van der Waals surface area contributed by atoms with E-state index in [9.17, 15) is 18.0 Å². The molecule has 3 aromatic rings. The van der Waals surface area contributed by atoms with Crippen LogP contribution in [0.5, 0.6) is 0 Å². The standard InChI is InChI=1S/C32H36Cl3N3O4S/c1-3-28(32(40)36-24-11-5-4-6-12-24)37(20-23-10-7-8-13-26(23)33)30(39)21-38(29-15-9-14-27(34)31(29)35)43(41,42)25-18-16-22(2)17-19-25/h7-10,13-19,24,28H,3-6,11-12,20-21H2,1-2H3,(H,36,40)/t28-/m1/s1. The van der Waals surface area contributed by atoms with Crippen LogP contribution in [0, 0.1) is 6.92 Å². The number of halogens is 3. The second-order valence-corrected chi connectivity index (χ2v) is 13.8. The molecular formula is C32H36Cl3N3O4S. The van der Waals surface area contributed by atoms with Crippen molar-refractivity contribution in [2.24, 2.45) is 0 Å². The van der Waals surface area contributed by atoms with E-state index in [4.69, 9.17) is 34.8 Å². The first-order chi connectivity index (χ1) is 20.5. The fourth-order valence-electron chi connectivity index (χ4n) is 5.31. The molecule has 0 aliphatic heterocycles. The van der Waals surface area contributed by atoms with Gasteiger partial charge >= 0.3 is 0 Å². The maximum absolute atomic E-state index is 14.3. The Balaban J connectivity index is 1.75. The number of aryl methyl sites for hydroxylation is 1. The zero-order valence-electron chi connectivity index (χ0n) is 24.2. The summed E-state index contributed by atoms with van der Waals surface area (Å²) in [6.45, 7) is 3.07. The third kappa shape index (κ3) is 8.04. The Morgan fingerprint density at radius 1 is 0.907 bits per heavy atom. The summed E-state index contributed by atoms with van der Waals surface area (Å²) >= 11 is 19.3. The summed E-state index contributed by atoms with van der Waals surface area (Å²) < 4.78 is 29.1. The van der Waals surface area contributed by atoms with Crippen molar-refractivity contribution in [1.82, 2.24) is 10.2 Å². The largest absolute Gasteiger partial charge is 0.352 e. The molecule has 3 aromatic carbocycles. The van der Waals surface area contributed by atoms with E-state index >= 15 is 0 Å². The second kappa shape index (κ2) is 14.8. The average molecular weight is 665 g/mol. The number of benzene rings is 3. The molecule has 230 valence electrons. The quantitative estimate of drug-likeness (QED) is 0.231. The molecule has 1 aliphatic rings. The molecule has 0 unspecified atom stereocenters. The summed E-state index contributed by atoms with van der Waals surface area (Å²) in [6.07, 6.45) is 5.30. The van der Waals surface area contributed by atoms with Crippen LogP contribution in [0.3, 0.4) is 0 Å². The zero-order valence-corrected chi connectivity index (χ0v) is 27.3. The number of sulfonamides is 1. The number of carbonyl (C=O) groups excluding carboxylic acids is 2. The Hall–Kier alpha value is -2.78. The maximum atomic E-state index is 14.3. The van der Waals surface area contributed by atoms with E-state index in [1.165, 1.54) is 29.2 Å². The van der Waals surface area contributed by atoms with Gasteiger partial charge < -0.3 is 10.2 Å². The molecule has 0 heterocycles. The van der Waals surface area contributed by atoms with Crippen molar-refractivity contribution in [3.63, 3.8) is 0 Å². The fraction of sp³-hybridized carbons (Fsp3) is 0.375. The summed E-state index contributed by atoms with van der Waals surface area (Å²) in [5.41, 5.74) is 1.57. The van der Waals surface area contributed by atoms with Crippen LogP contribution in [0.4, 0.5) is 5.69 Å². The highest BCUT2D eigenvalue weighted by atomic mass is 35.5. The molecule has 1 saturated carbocycles. The third-order valence-corrected chi connectivity index (χ3v) is 10.7. The van der Waals surface area contributed by atoms with E-state index in [0.717, 1.165) is 42.0 Å². The lowest BCUT2D eigenvalue weighted by Crippen LogP contribution is -2.54. The van der Waals surface area contributed by atoms with Crippen molar-refractivity contribution in [3.8, 4) is 0 Å². The first-order valence-electron chi connectivity index (χ1n) is 14.4. The summed E-state index contributed by atoms with van der Waals surface area (Å²) in [6, 6.07) is 17.2. The number of amides is 2. The number of carbonyl (C=O) groups is 2. The monoisotopic (exact) mass is 663 g/mol. The van der Waals surface area contributed by atoms with Crippen molar-refractivity contribution in [1.29, 1.82) is 0 Å². The van der Waals surface area contributed by atoms with Crippen LogP contribution in [0.25, 0.3) is 0 Å². The van der Waals surface area contributed by atoms with Gasteiger partial charge in [-0.2, -0.15) is 0 Å². The van der Waals surface area contributed by atoms with Gasteiger partial charge in [0.2, 0.25) is 11.8 Å². The zero-order chi connectivity index (χ0) is 31.1. The highest BCUT2D eigenvalue weighted by Crippen LogP contribution is 2.36. The van der Waals surface area contributed by atoms with Gasteiger partial charge in [-0.05, 0) is 62.1 Å². The maximum Gasteiger partial charge on any atom is 0.264 e. The smallest absolute Gasteiger partial charge is 0.264 e. The Morgan fingerprint density at radius 2 is 1.56 bits per heavy atom. The Labute approximate surface area is 269 Å². The van der Waals surface area contributed by atoms with Gasteiger partial charge in [0.1, 0.15) is 12.6 Å². The van der Waals surface area contributed by atoms with Gasteiger partial charge in [-0.1, -0.05) is 103 Å². The van der Waals surface area contributed by atoms with Crippen molar-refractivity contribution in [2.45, 2.75) is 75.9 Å². The molecule has 0 aromatic heterocycles. The molecule has 1 N–H and O–H groups in total. The lowest BCUT2D eigenvalue weighted by molar-refractivity contribution is -0.140. The number of hydrogen-bond acceptors (Lipinski definition) is 4. The minimum atomic E-state index is -4.28. The molecule has 11 heteroatoms. The molecule has 0 radical (unpaired) electrons. The number of nitrogens with one attached hydrogen (secondary N) is 1. The van der Waals surface area contributed by atoms with E-state index in [1.807, 2.05) is 13.8 Å². The highest BCUT2D eigenvalue weighted by molar-refractivity contribution is 7.92. The Bertz CT molecular complexity index is 1540. The van der Waals surface area contributed by atoms with Crippen LogP contribution in [0.15, 0.2) is 71.6 Å². The SMILES string of the molecule is CC[C@H](C(=O)NC1CCCCC1)N(Cc1ccccc1Cl)C(=O)CN(c1cccc(Cl)c1Cl)S(=O)(=O)c1ccc(C)cc1. The predicted octanol–water partition coefficient (Wildman–Crippen LogP) is 7.41. The van der Waals surface area contributed by atoms with Gasteiger partial charge in [0.05, 0.1) is 20.6 Å². The van der Waals surface area contributed by atoms with Crippen molar-refractivity contribution < 1.29 is 18.0 Å². The van der Waals surface area contributed by atoms with Crippen molar-refractivity contribution in [3.05, 3.63) is 92.9 Å². The minimum Gasteiger partial charge on any atom is -0.352 e. The molecule has 1 atom stereocenters. The molecule has 0 bridgehead atoms. The summed E-state index contributed by atoms with van der Waals surface area (Å²) in [7, 11) is -4.28. The van der Waals surface area contributed by atoms with Crippen molar-refractivity contribution >= 4 is 62.3 Å². The van der Waals surface area contributed by atoms with Gasteiger partial charge in [-0.3, -0.25) is 13.9 Å². The number of nitrogens with zero attached hydrogens (tertiary/aromatic N) is 2. The summed E-state index contributed by atoms with van der Waals surface area (Å²) in [5.74, 6) is -0.860. The van der Waals surface area contributed by atoms with E-state index in [-0.39, 0.29) is 39.1 Å². The molecule has 4 rings (SSSR count). The van der Waals surface area contributed by atoms with Crippen LogP contribution in [0.2, 0.25) is 15.1 Å². The van der Waals surface area contributed by atoms with Crippen LogP contribution in [-0.4, -0.2) is 43.8 Å². The molecule has 7 nitrogen and oxygen atoms in total. The normalized spacial score (nSPS) is 14.6. The van der Waals surface area contributed by atoms with Gasteiger partial charge in [0, 0.05) is 17.6 Å². The van der Waals surface area contributed by atoms with Gasteiger partial charge in [-0.25, -0.2) is 8.42 Å². The fourth-order valence-corrected chi connectivity index (χ4v) is 7.38. The summed E-state index contributed by atoms with van der Waals surface area (Å²) in [5, 5.41) is 3.70. The van der Waals surface area contributed by atoms with Crippen molar-refractivity contribution in [2.75, 3.05) is 10.8 Å². The average Bonchev–Trinajstić information content (AvgIpc) is 2.99. The third-order valence-electron chi connectivity index (χ3n) is 7.72. The molecule has 2 amide bonds. The van der Waals surface area contributed by atoms with E-state index in [2.05, 4.69) is 5.32 Å². The molecule has 43 heavy (non-hydrogen) atoms. The summed E-state index contributed by atoms with van der Waals surface area (Å²) in [4.78, 5) is 29.3. The van der Waals surface area contributed by atoms with Gasteiger partial charge in [0.25, 0.3) is 10.0 Å². The molecule has 1 aliphatic carbocycles. The molecular weight excluding hydrogens is 629 g/mol. The molecule has 1 fully saturated rings. The Kier molecular flexibility index (Phi) is 11.4. The second-order valence-electron chi connectivity index (χ2n) is 10.8. The van der Waals surface area contributed by atoms with E-state index in [0.29, 0.717) is 17.0 Å². The first-order valence-corrected chi connectivity index (χ1v) is 17.0. The number of anilines is 1. The first kappa shape index (κ1) is 33.1. The van der Waals surface area contributed by atoms with Crippen LogP contribution >= 0.6 is 34.8 Å². The topological polar surface area (TPSA) is 86.8 Å². The van der Waals surface area contributed by atoms with E-state index < -0.39 is 28.5 Å². The van der Waals surface area contributed by atoms with Crippen LogP contribution in [0.1, 0.15) is 56.6 Å². The van der Waals surface area contributed by atoms with Gasteiger partial charge in [-0.15, -0.1) is 0 Å². The highest BCUT2D eigenvalue weighted by Gasteiger charge is 2.35. The number of hydrogen-bond donors (Lipinski definition) is 1. The minimum absolute atomic E-state index is 0.00705. The number of rotatable bonds is 11. The van der Waals surface area contributed by atoms with Crippen LogP contribution < -0.4 is 9.62 Å². The van der Waals surface area contributed by atoms with E-state index in [1.54, 1.807) is 42.5 Å². The van der Waals surface area contributed by atoms with Gasteiger partial charge in [0.15, 0.2) is 0 Å². The lowest BCUT2D eigenvalue weighted by Gasteiger charge is -2.34. The van der Waals surface area contributed by atoms with Crippen LogP contribution in [-0.2, 0) is 26.2 Å². The molecule has 0 spiro atoms. The Morgan fingerprint density at radius 3 is 2.21 bits per heavy atom.